The summed E-state index contributed by atoms with van der Waals surface area (Å²) < 4.78 is 14.9. The molecule has 0 unspecified atom stereocenters. The van der Waals surface area contributed by atoms with E-state index in [4.69, 9.17) is 5.73 Å². The van der Waals surface area contributed by atoms with Gasteiger partial charge in [-0.15, -0.1) is 0 Å². The summed E-state index contributed by atoms with van der Waals surface area (Å²) in [7, 11) is 0. The Bertz CT molecular complexity index is 694. The second-order valence-electron chi connectivity index (χ2n) is 6.21. The predicted molar refractivity (Wildman–Crippen MR) is 90.1 cm³/mol. The molecule has 1 aliphatic carbocycles. The van der Waals surface area contributed by atoms with E-state index in [9.17, 15) is 9.18 Å². The van der Waals surface area contributed by atoms with Crippen LogP contribution in [0.15, 0.2) is 36.5 Å². The highest BCUT2D eigenvalue weighted by Gasteiger charge is 2.20. The van der Waals surface area contributed by atoms with E-state index in [1.54, 1.807) is 23.0 Å². The molecule has 128 valence electrons. The molecule has 1 aliphatic rings. The molecule has 0 aliphatic heterocycles. The normalized spacial score (nSPS) is 20.6. The Hall–Kier alpha value is -2.41. The molecule has 0 bridgehead atoms. The Morgan fingerprint density at radius 2 is 2.08 bits per heavy atom. The van der Waals surface area contributed by atoms with Crippen molar-refractivity contribution in [2.45, 2.75) is 44.3 Å². The van der Waals surface area contributed by atoms with Crippen LogP contribution in [0.4, 0.5) is 15.0 Å². The first-order valence-electron chi connectivity index (χ1n) is 8.19. The van der Waals surface area contributed by atoms with Crippen LogP contribution in [0.2, 0.25) is 0 Å². The number of amides is 2. The smallest absolute Gasteiger partial charge is 0.320 e. The molecule has 1 aromatic carbocycles. The first-order chi connectivity index (χ1) is 11.6. The van der Waals surface area contributed by atoms with E-state index < -0.39 is 0 Å². The van der Waals surface area contributed by atoms with Gasteiger partial charge in [0.15, 0.2) is 0 Å². The Morgan fingerprint density at radius 3 is 2.83 bits per heavy atom. The van der Waals surface area contributed by atoms with Crippen molar-refractivity contribution in [2.75, 3.05) is 5.32 Å². The molecule has 2 amide bonds. The van der Waals surface area contributed by atoms with Gasteiger partial charge in [-0.05, 0) is 43.4 Å². The maximum atomic E-state index is 13.3. The monoisotopic (exact) mass is 331 g/mol. The van der Waals surface area contributed by atoms with Crippen LogP contribution in [0.1, 0.15) is 31.2 Å². The van der Waals surface area contributed by atoms with Crippen molar-refractivity contribution in [3.8, 4) is 0 Å². The number of urea groups is 1. The Morgan fingerprint density at radius 1 is 1.29 bits per heavy atom. The van der Waals surface area contributed by atoms with Gasteiger partial charge >= 0.3 is 6.03 Å². The van der Waals surface area contributed by atoms with Crippen molar-refractivity contribution in [1.29, 1.82) is 0 Å². The van der Waals surface area contributed by atoms with Crippen molar-refractivity contribution >= 4 is 11.8 Å². The largest absolute Gasteiger partial charge is 0.335 e. The van der Waals surface area contributed by atoms with Crippen LogP contribution in [0.5, 0.6) is 0 Å². The van der Waals surface area contributed by atoms with Gasteiger partial charge in [-0.1, -0.05) is 12.1 Å². The van der Waals surface area contributed by atoms with Gasteiger partial charge in [-0.2, -0.15) is 5.10 Å². The SMILES string of the molecule is NC1CCC(NC(=O)Nc2ccnn2Cc2cccc(F)c2)CC1. The molecule has 0 atom stereocenters. The summed E-state index contributed by atoms with van der Waals surface area (Å²) >= 11 is 0. The molecule has 0 saturated heterocycles. The fourth-order valence-corrected chi connectivity index (χ4v) is 2.97. The maximum Gasteiger partial charge on any atom is 0.320 e. The van der Waals surface area contributed by atoms with Gasteiger partial charge in [0.1, 0.15) is 11.6 Å². The van der Waals surface area contributed by atoms with E-state index in [0.717, 1.165) is 31.2 Å². The highest BCUT2D eigenvalue weighted by atomic mass is 19.1. The third kappa shape index (κ3) is 4.32. The molecule has 1 heterocycles. The number of benzene rings is 1. The number of nitrogens with zero attached hydrogens (tertiary/aromatic N) is 2. The quantitative estimate of drug-likeness (QED) is 0.804. The summed E-state index contributed by atoms with van der Waals surface area (Å²) in [5, 5.41) is 9.97. The molecule has 1 saturated carbocycles. The molecule has 0 spiro atoms. The fraction of sp³-hybridized carbons (Fsp3) is 0.412. The lowest BCUT2D eigenvalue weighted by Gasteiger charge is -2.26. The van der Waals surface area contributed by atoms with Crippen LogP contribution in [0.3, 0.4) is 0 Å². The fourth-order valence-electron chi connectivity index (χ4n) is 2.97. The predicted octanol–water partition coefficient (Wildman–Crippen LogP) is 2.46. The summed E-state index contributed by atoms with van der Waals surface area (Å²) in [5.41, 5.74) is 6.66. The lowest BCUT2D eigenvalue weighted by Crippen LogP contribution is -2.42. The van der Waals surface area contributed by atoms with E-state index in [2.05, 4.69) is 15.7 Å². The number of carbonyl (C=O) groups is 1. The number of halogens is 1. The molecular formula is C17H22FN5O. The first kappa shape index (κ1) is 16.4. The Kier molecular flexibility index (Phi) is 5.10. The molecule has 2 aromatic rings. The van der Waals surface area contributed by atoms with Crippen molar-refractivity contribution in [2.24, 2.45) is 5.73 Å². The number of aromatic nitrogens is 2. The van der Waals surface area contributed by atoms with Gasteiger partial charge in [-0.25, -0.2) is 13.9 Å². The van der Waals surface area contributed by atoms with Crippen LogP contribution >= 0.6 is 0 Å². The third-order valence-electron chi connectivity index (χ3n) is 4.29. The minimum Gasteiger partial charge on any atom is -0.335 e. The number of carbonyl (C=O) groups excluding carboxylic acids is 1. The number of rotatable bonds is 4. The molecule has 0 radical (unpaired) electrons. The maximum absolute atomic E-state index is 13.3. The zero-order valence-electron chi connectivity index (χ0n) is 13.4. The molecule has 24 heavy (non-hydrogen) atoms. The minimum atomic E-state index is -0.289. The van der Waals surface area contributed by atoms with Gasteiger partial charge in [-0.3, -0.25) is 5.32 Å². The molecular weight excluding hydrogens is 309 g/mol. The zero-order chi connectivity index (χ0) is 16.9. The summed E-state index contributed by atoms with van der Waals surface area (Å²) in [6.07, 6.45) is 5.27. The molecule has 1 aromatic heterocycles. The van der Waals surface area contributed by atoms with Gasteiger partial charge in [0.05, 0.1) is 12.7 Å². The lowest BCUT2D eigenvalue weighted by atomic mass is 9.92. The van der Waals surface area contributed by atoms with Crippen molar-refractivity contribution in [1.82, 2.24) is 15.1 Å². The standard InChI is InChI=1S/C17H22FN5O/c18-13-3-1-2-12(10-13)11-23-16(8-9-20-23)22-17(24)21-15-6-4-14(19)5-7-15/h1-3,8-10,14-15H,4-7,11,19H2,(H2,21,22,24). The highest BCUT2D eigenvalue weighted by molar-refractivity contribution is 5.88. The Labute approximate surface area is 140 Å². The van der Waals surface area contributed by atoms with Crippen molar-refractivity contribution < 1.29 is 9.18 Å². The number of anilines is 1. The van der Waals surface area contributed by atoms with E-state index in [-0.39, 0.29) is 23.9 Å². The molecule has 1 fully saturated rings. The summed E-state index contributed by atoms with van der Waals surface area (Å²) in [6.45, 7) is 0.388. The summed E-state index contributed by atoms with van der Waals surface area (Å²) in [4.78, 5) is 12.2. The van der Waals surface area contributed by atoms with Crippen LogP contribution < -0.4 is 16.4 Å². The second-order valence-corrected chi connectivity index (χ2v) is 6.21. The number of nitrogens with two attached hydrogens (primary N) is 1. The summed E-state index contributed by atoms with van der Waals surface area (Å²) in [6, 6.07) is 8.20. The average Bonchev–Trinajstić information content (AvgIpc) is 2.96. The topological polar surface area (TPSA) is 85.0 Å². The molecule has 3 rings (SSSR count). The summed E-state index contributed by atoms with van der Waals surface area (Å²) in [5.74, 6) is 0.284. The second kappa shape index (κ2) is 7.44. The zero-order valence-corrected chi connectivity index (χ0v) is 13.4. The lowest BCUT2D eigenvalue weighted by molar-refractivity contribution is 0.242. The first-order valence-corrected chi connectivity index (χ1v) is 8.19. The number of nitrogens with one attached hydrogen (secondary N) is 2. The van der Waals surface area contributed by atoms with Crippen LogP contribution in [-0.4, -0.2) is 27.9 Å². The van der Waals surface area contributed by atoms with E-state index in [1.165, 1.54) is 12.1 Å². The highest BCUT2D eigenvalue weighted by Crippen LogP contribution is 2.17. The average molecular weight is 331 g/mol. The molecule has 6 nitrogen and oxygen atoms in total. The van der Waals surface area contributed by atoms with E-state index in [0.29, 0.717) is 12.4 Å². The van der Waals surface area contributed by atoms with Crippen LogP contribution in [-0.2, 0) is 6.54 Å². The van der Waals surface area contributed by atoms with Gasteiger partial charge in [0.2, 0.25) is 0 Å². The molecule has 7 heteroatoms. The molecule has 4 N–H and O–H groups in total. The van der Waals surface area contributed by atoms with Crippen LogP contribution in [0, 0.1) is 5.82 Å². The van der Waals surface area contributed by atoms with Gasteiger partial charge in [0.25, 0.3) is 0 Å². The van der Waals surface area contributed by atoms with Gasteiger partial charge < -0.3 is 11.1 Å². The number of hydrogen-bond donors (Lipinski definition) is 3. The Balaban J connectivity index is 1.58. The van der Waals surface area contributed by atoms with E-state index >= 15 is 0 Å². The van der Waals surface area contributed by atoms with E-state index in [1.807, 2.05) is 6.07 Å². The third-order valence-corrected chi connectivity index (χ3v) is 4.29. The van der Waals surface area contributed by atoms with Gasteiger partial charge in [0, 0.05) is 18.2 Å². The number of hydrogen-bond acceptors (Lipinski definition) is 3. The van der Waals surface area contributed by atoms with Crippen molar-refractivity contribution in [3.05, 3.63) is 47.9 Å². The van der Waals surface area contributed by atoms with Crippen molar-refractivity contribution in [3.63, 3.8) is 0 Å². The van der Waals surface area contributed by atoms with Crippen LogP contribution in [0.25, 0.3) is 0 Å². The minimum absolute atomic E-state index is 0.157.